The third kappa shape index (κ3) is 2.98. The molecule has 1 heterocycles. The molecule has 0 bridgehead atoms. The second-order valence-electron chi connectivity index (χ2n) is 4.07. The van der Waals surface area contributed by atoms with Gasteiger partial charge in [-0.1, -0.05) is 0 Å². The number of aromatic hydroxyl groups is 1. The van der Waals surface area contributed by atoms with Gasteiger partial charge in [-0.05, 0) is 19.2 Å². The zero-order valence-corrected chi connectivity index (χ0v) is 10.8. The summed E-state index contributed by atoms with van der Waals surface area (Å²) in [6.45, 7) is 2.99. The second kappa shape index (κ2) is 5.51. The predicted molar refractivity (Wildman–Crippen MR) is 68.9 cm³/mol. The van der Waals surface area contributed by atoms with E-state index in [0.29, 0.717) is 24.1 Å². The predicted octanol–water partition coefficient (Wildman–Crippen LogP) is 1.96. The van der Waals surface area contributed by atoms with Crippen LogP contribution in [0.15, 0.2) is 12.1 Å². The molecule has 2 N–H and O–H groups in total. The van der Waals surface area contributed by atoms with Crippen LogP contribution in [0.3, 0.4) is 0 Å². The number of phenolic OH excluding ortho intramolecular Hbond substituents is 1. The van der Waals surface area contributed by atoms with Crippen molar-refractivity contribution in [2.75, 3.05) is 18.8 Å². The summed E-state index contributed by atoms with van der Waals surface area (Å²) in [4.78, 5) is 0. The van der Waals surface area contributed by atoms with Gasteiger partial charge in [0.15, 0.2) is 11.5 Å². The molecule has 0 aliphatic carbocycles. The highest BCUT2D eigenvalue weighted by Gasteiger charge is 2.17. The number of phenols is 1. The van der Waals surface area contributed by atoms with Gasteiger partial charge in [0.1, 0.15) is 5.75 Å². The lowest BCUT2D eigenvalue weighted by Crippen LogP contribution is -2.27. The van der Waals surface area contributed by atoms with E-state index in [1.165, 1.54) is 0 Å². The van der Waals surface area contributed by atoms with Gasteiger partial charge in [-0.2, -0.15) is 11.8 Å². The molecule has 1 aliphatic heterocycles. The Balaban J connectivity index is 2.01. The van der Waals surface area contributed by atoms with Crippen LogP contribution in [-0.2, 0) is 6.54 Å². The Morgan fingerprint density at radius 2 is 2.12 bits per heavy atom. The number of fused-ring (bicyclic) bond motifs is 1. The van der Waals surface area contributed by atoms with Crippen molar-refractivity contribution in [3.8, 4) is 17.2 Å². The summed E-state index contributed by atoms with van der Waals surface area (Å²) in [5.74, 6) is 2.62. The fourth-order valence-electron chi connectivity index (χ4n) is 1.71. The Bertz CT molecular complexity index is 398. The highest BCUT2D eigenvalue weighted by molar-refractivity contribution is 7.98. The summed E-state index contributed by atoms with van der Waals surface area (Å²) in [7, 11) is 0. The maximum absolute atomic E-state index is 9.84. The number of rotatable bonds is 5. The van der Waals surface area contributed by atoms with Gasteiger partial charge >= 0.3 is 0 Å². The van der Waals surface area contributed by atoms with Crippen LogP contribution in [-0.4, -0.2) is 29.9 Å². The van der Waals surface area contributed by atoms with Crippen LogP contribution >= 0.6 is 11.8 Å². The summed E-state index contributed by atoms with van der Waals surface area (Å²) in [5.41, 5.74) is 0.835. The average molecular weight is 255 g/mol. The number of nitrogens with one attached hydrogen (secondary N) is 1. The molecule has 5 heteroatoms. The molecular formula is C12H17NO3S. The number of hydrogen-bond donors (Lipinski definition) is 2. The molecule has 1 atom stereocenters. The molecule has 1 aromatic rings. The first-order chi connectivity index (χ1) is 8.20. The lowest BCUT2D eigenvalue weighted by Gasteiger charge is -2.13. The lowest BCUT2D eigenvalue weighted by atomic mass is 10.1. The third-order valence-electron chi connectivity index (χ3n) is 2.63. The number of hydrogen-bond acceptors (Lipinski definition) is 5. The van der Waals surface area contributed by atoms with Gasteiger partial charge in [-0.25, -0.2) is 0 Å². The van der Waals surface area contributed by atoms with Crippen LogP contribution in [0.2, 0.25) is 0 Å². The average Bonchev–Trinajstić information content (AvgIpc) is 2.73. The van der Waals surface area contributed by atoms with Gasteiger partial charge in [-0.15, -0.1) is 0 Å². The van der Waals surface area contributed by atoms with Gasteiger partial charge in [0.05, 0.1) is 0 Å². The van der Waals surface area contributed by atoms with Gasteiger partial charge in [0.25, 0.3) is 0 Å². The smallest absolute Gasteiger partial charge is 0.231 e. The largest absolute Gasteiger partial charge is 0.507 e. The molecule has 1 aromatic carbocycles. The maximum Gasteiger partial charge on any atom is 0.231 e. The first-order valence-electron chi connectivity index (χ1n) is 5.54. The first-order valence-corrected chi connectivity index (χ1v) is 6.94. The lowest BCUT2D eigenvalue weighted by molar-refractivity contribution is 0.174. The molecule has 0 radical (unpaired) electrons. The maximum atomic E-state index is 9.84. The Hall–Kier alpha value is -1.07. The zero-order chi connectivity index (χ0) is 12.3. The molecule has 0 amide bonds. The van der Waals surface area contributed by atoms with Crippen LogP contribution in [0, 0.1) is 0 Å². The molecule has 0 spiro atoms. The van der Waals surface area contributed by atoms with Gasteiger partial charge in [-0.3, -0.25) is 0 Å². The van der Waals surface area contributed by atoms with Crippen molar-refractivity contribution < 1.29 is 14.6 Å². The minimum absolute atomic E-state index is 0.231. The highest BCUT2D eigenvalue weighted by atomic mass is 32.2. The SMILES string of the molecule is CSCC(C)NCc1cc2c(cc1O)OCO2. The van der Waals surface area contributed by atoms with Crippen molar-refractivity contribution in [3.05, 3.63) is 17.7 Å². The van der Waals surface area contributed by atoms with Crippen molar-refractivity contribution in [2.24, 2.45) is 0 Å². The van der Waals surface area contributed by atoms with Crippen LogP contribution < -0.4 is 14.8 Å². The van der Waals surface area contributed by atoms with E-state index < -0.39 is 0 Å². The van der Waals surface area contributed by atoms with Gasteiger partial charge in [0.2, 0.25) is 6.79 Å². The molecular weight excluding hydrogens is 238 g/mol. The summed E-state index contributed by atoms with van der Waals surface area (Å²) in [5, 5.41) is 13.2. The van der Waals surface area contributed by atoms with E-state index in [0.717, 1.165) is 11.3 Å². The molecule has 2 rings (SSSR count). The van der Waals surface area contributed by atoms with Crippen LogP contribution in [0.25, 0.3) is 0 Å². The van der Waals surface area contributed by atoms with Crippen LogP contribution in [0.5, 0.6) is 17.2 Å². The normalized spacial score (nSPS) is 14.9. The number of thioether (sulfide) groups is 1. The minimum atomic E-state index is 0.231. The Morgan fingerprint density at radius 1 is 1.41 bits per heavy atom. The van der Waals surface area contributed by atoms with E-state index in [-0.39, 0.29) is 12.5 Å². The van der Waals surface area contributed by atoms with Crippen molar-refractivity contribution in [2.45, 2.75) is 19.5 Å². The molecule has 94 valence electrons. The van der Waals surface area contributed by atoms with E-state index in [4.69, 9.17) is 9.47 Å². The molecule has 0 aromatic heterocycles. The van der Waals surface area contributed by atoms with Crippen LogP contribution in [0.4, 0.5) is 0 Å². The standard InChI is InChI=1S/C12H17NO3S/c1-8(6-17-2)13-5-9-3-11-12(4-10(9)14)16-7-15-11/h3-4,8,13-14H,5-7H2,1-2H3. The fourth-order valence-corrected chi connectivity index (χ4v) is 2.33. The van der Waals surface area contributed by atoms with Crippen molar-refractivity contribution in [1.82, 2.24) is 5.32 Å². The zero-order valence-electron chi connectivity index (χ0n) is 10.0. The molecule has 0 fully saturated rings. The van der Waals surface area contributed by atoms with E-state index in [2.05, 4.69) is 18.5 Å². The molecule has 0 saturated carbocycles. The van der Waals surface area contributed by atoms with Crippen molar-refractivity contribution in [1.29, 1.82) is 0 Å². The molecule has 1 unspecified atom stereocenters. The highest BCUT2D eigenvalue weighted by Crippen LogP contribution is 2.37. The molecule has 0 saturated heterocycles. The van der Waals surface area contributed by atoms with E-state index in [9.17, 15) is 5.11 Å². The topological polar surface area (TPSA) is 50.7 Å². The van der Waals surface area contributed by atoms with Crippen LogP contribution in [0.1, 0.15) is 12.5 Å². The summed E-state index contributed by atoms with van der Waals surface area (Å²) >= 11 is 1.80. The van der Waals surface area contributed by atoms with E-state index in [1.807, 2.05) is 6.07 Å². The minimum Gasteiger partial charge on any atom is -0.507 e. The van der Waals surface area contributed by atoms with Crippen molar-refractivity contribution >= 4 is 11.8 Å². The van der Waals surface area contributed by atoms with Gasteiger partial charge in [0, 0.05) is 30.0 Å². The van der Waals surface area contributed by atoms with Crippen molar-refractivity contribution in [3.63, 3.8) is 0 Å². The summed E-state index contributed by atoms with van der Waals surface area (Å²) < 4.78 is 10.5. The summed E-state index contributed by atoms with van der Waals surface area (Å²) in [6, 6.07) is 3.85. The molecule has 1 aliphatic rings. The molecule has 4 nitrogen and oxygen atoms in total. The van der Waals surface area contributed by atoms with E-state index >= 15 is 0 Å². The van der Waals surface area contributed by atoms with Gasteiger partial charge < -0.3 is 19.9 Å². The first kappa shape index (κ1) is 12.4. The fraction of sp³-hybridized carbons (Fsp3) is 0.500. The number of ether oxygens (including phenoxy) is 2. The Kier molecular flexibility index (Phi) is 4.02. The Morgan fingerprint density at radius 3 is 2.82 bits per heavy atom. The Labute approximate surface area is 105 Å². The van der Waals surface area contributed by atoms with E-state index in [1.54, 1.807) is 17.8 Å². The third-order valence-corrected chi connectivity index (χ3v) is 3.46. The molecule has 17 heavy (non-hydrogen) atoms. The second-order valence-corrected chi connectivity index (χ2v) is 4.98. The quantitative estimate of drug-likeness (QED) is 0.842. The number of benzene rings is 1. The summed E-state index contributed by atoms with van der Waals surface area (Å²) in [6.07, 6.45) is 2.08. The monoisotopic (exact) mass is 255 g/mol.